The van der Waals surface area contributed by atoms with Crippen molar-refractivity contribution in [3.8, 4) is 0 Å². The third-order valence-electron chi connectivity index (χ3n) is 3.39. The fourth-order valence-corrected chi connectivity index (χ4v) is 2.25. The maximum absolute atomic E-state index is 12.1. The summed E-state index contributed by atoms with van der Waals surface area (Å²) in [5.74, 6) is 0.0981. The van der Waals surface area contributed by atoms with Gasteiger partial charge in [0.25, 0.3) is 0 Å². The number of amides is 1. The molecule has 1 amide bonds. The minimum absolute atomic E-state index is 0.0981. The van der Waals surface area contributed by atoms with Gasteiger partial charge in [-0.1, -0.05) is 12.1 Å². The normalized spacial score (nSPS) is 17.6. The molecule has 1 atom stereocenters. The largest absolute Gasteiger partial charge is 0.401 e. The summed E-state index contributed by atoms with van der Waals surface area (Å²) < 4.78 is 36.4. The van der Waals surface area contributed by atoms with Crippen molar-refractivity contribution in [2.45, 2.75) is 32.0 Å². The van der Waals surface area contributed by atoms with Crippen molar-refractivity contribution in [2.24, 2.45) is 0 Å². The third-order valence-corrected chi connectivity index (χ3v) is 3.39. The van der Waals surface area contributed by atoms with E-state index in [1.54, 1.807) is 36.1 Å². The fraction of sp³-hybridized carbons (Fsp3) is 0.500. The molecule has 0 radical (unpaired) electrons. The van der Waals surface area contributed by atoms with Crippen molar-refractivity contribution in [1.82, 2.24) is 5.32 Å². The Balaban J connectivity index is 1.99. The molecule has 110 valence electrons. The predicted molar refractivity (Wildman–Crippen MR) is 70.5 cm³/mol. The van der Waals surface area contributed by atoms with E-state index >= 15 is 0 Å². The zero-order valence-electron chi connectivity index (χ0n) is 11.2. The number of carbonyl (C=O) groups excluding carboxylic acids is 1. The van der Waals surface area contributed by atoms with Crippen molar-refractivity contribution in [3.63, 3.8) is 0 Å². The molecule has 0 unspecified atom stereocenters. The lowest BCUT2D eigenvalue weighted by molar-refractivity contribution is -0.126. The number of alkyl halides is 3. The Morgan fingerprint density at radius 1 is 1.30 bits per heavy atom. The molecule has 3 nitrogen and oxygen atoms in total. The van der Waals surface area contributed by atoms with Crippen LogP contribution in [0.25, 0.3) is 0 Å². The van der Waals surface area contributed by atoms with E-state index in [1.165, 1.54) is 0 Å². The number of nitrogens with zero attached hydrogens (tertiary/aromatic N) is 1. The average molecular weight is 286 g/mol. The summed E-state index contributed by atoms with van der Waals surface area (Å²) in [5.41, 5.74) is 1.57. The predicted octanol–water partition coefficient (Wildman–Crippen LogP) is 3.03. The highest BCUT2D eigenvalue weighted by Gasteiger charge is 2.27. The van der Waals surface area contributed by atoms with Crippen molar-refractivity contribution in [2.75, 3.05) is 18.0 Å². The second-order valence-electron chi connectivity index (χ2n) is 4.96. The highest BCUT2D eigenvalue weighted by atomic mass is 19.4. The number of rotatable bonds is 4. The van der Waals surface area contributed by atoms with E-state index in [2.05, 4.69) is 5.32 Å². The number of anilines is 1. The Labute approximate surface area is 115 Å². The Morgan fingerprint density at radius 2 is 1.95 bits per heavy atom. The summed E-state index contributed by atoms with van der Waals surface area (Å²) >= 11 is 0. The van der Waals surface area contributed by atoms with E-state index < -0.39 is 12.7 Å². The topological polar surface area (TPSA) is 32.3 Å². The maximum Gasteiger partial charge on any atom is 0.401 e. The molecule has 1 aliphatic rings. The van der Waals surface area contributed by atoms with Crippen LogP contribution in [0.5, 0.6) is 0 Å². The lowest BCUT2D eigenvalue weighted by atomic mass is 10.1. The first-order valence-corrected chi connectivity index (χ1v) is 6.57. The lowest BCUT2D eigenvalue weighted by Crippen LogP contribution is -2.30. The van der Waals surface area contributed by atoms with Crippen LogP contribution in [0.2, 0.25) is 0 Å². The van der Waals surface area contributed by atoms with E-state index in [-0.39, 0.29) is 11.9 Å². The van der Waals surface area contributed by atoms with Crippen LogP contribution in [0.4, 0.5) is 18.9 Å². The zero-order valence-corrected chi connectivity index (χ0v) is 11.2. The van der Waals surface area contributed by atoms with Crippen LogP contribution in [0.3, 0.4) is 0 Å². The summed E-state index contributed by atoms with van der Waals surface area (Å²) in [6.45, 7) is 1.38. The molecule has 1 heterocycles. The van der Waals surface area contributed by atoms with Crippen molar-refractivity contribution in [3.05, 3.63) is 29.8 Å². The molecule has 1 aromatic rings. The van der Waals surface area contributed by atoms with Crippen LogP contribution in [-0.4, -0.2) is 25.2 Å². The van der Waals surface area contributed by atoms with Gasteiger partial charge >= 0.3 is 6.18 Å². The molecule has 6 heteroatoms. The standard InChI is InChI=1S/C14H17F3N2O/c1-10(18-9-14(15,16)17)11-4-6-12(7-5-11)19-8-2-3-13(19)20/h4-7,10,18H,2-3,8-9H2,1H3/t10-/m0/s1. The van der Waals surface area contributed by atoms with Crippen LogP contribution in [0.15, 0.2) is 24.3 Å². The smallest absolute Gasteiger partial charge is 0.312 e. The van der Waals surface area contributed by atoms with E-state index in [4.69, 9.17) is 0 Å². The number of nitrogens with one attached hydrogen (secondary N) is 1. The number of carbonyl (C=O) groups is 1. The molecule has 0 bridgehead atoms. The second kappa shape index (κ2) is 5.83. The van der Waals surface area contributed by atoms with E-state index in [0.29, 0.717) is 13.0 Å². The molecule has 0 aromatic heterocycles. The summed E-state index contributed by atoms with van der Waals surface area (Å²) in [5, 5.41) is 2.43. The highest BCUT2D eigenvalue weighted by molar-refractivity contribution is 5.95. The summed E-state index contributed by atoms with van der Waals surface area (Å²) in [6.07, 6.45) is -2.80. The maximum atomic E-state index is 12.1. The van der Waals surface area contributed by atoms with Crippen LogP contribution in [0, 0.1) is 0 Å². The second-order valence-corrected chi connectivity index (χ2v) is 4.96. The monoisotopic (exact) mass is 286 g/mol. The quantitative estimate of drug-likeness (QED) is 0.922. The summed E-state index contributed by atoms with van der Waals surface area (Å²) in [7, 11) is 0. The molecule has 1 saturated heterocycles. The van der Waals surface area contributed by atoms with Crippen molar-refractivity contribution in [1.29, 1.82) is 0 Å². The Morgan fingerprint density at radius 3 is 2.45 bits per heavy atom. The first-order valence-electron chi connectivity index (χ1n) is 6.57. The van der Waals surface area contributed by atoms with E-state index in [1.807, 2.05) is 0 Å². The van der Waals surface area contributed by atoms with Gasteiger partial charge in [-0.25, -0.2) is 0 Å². The highest BCUT2D eigenvalue weighted by Crippen LogP contribution is 2.24. The Bertz CT molecular complexity index is 470. The third kappa shape index (κ3) is 3.72. The molecular formula is C14H17F3N2O. The van der Waals surface area contributed by atoms with Gasteiger partial charge in [0, 0.05) is 24.7 Å². The summed E-state index contributed by atoms with van der Waals surface area (Å²) in [4.78, 5) is 13.3. The Hall–Kier alpha value is -1.56. The molecule has 0 saturated carbocycles. The lowest BCUT2D eigenvalue weighted by Gasteiger charge is -2.19. The van der Waals surface area contributed by atoms with E-state index in [0.717, 1.165) is 17.7 Å². The van der Waals surface area contributed by atoms with Gasteiger partial charge in [-0.3, -0.25) is 4.79 Å². The summed E-state index contributed by atoms with van der Waals surface area (Å²) in [6, 6.07) is 6.69. The number of halogens is 3. The molecule has 1 N–H and O–H groups in total. The molecule has 20 heavy (non-hydrogen) atoms. The Kier molecular flexibility index (Phi) is 4.32. The van der Waals surface area contributed by atoms with Gasteiger partial charge < -0.3 is 10.2 Å². The fourth-order valence-electron chi connectivity index (χ4n) is 2.25. The zero-order chi connectivity index (χ0) is 14.8. The van der Waals surface area contributed by atoms with Gasteiger partial charge in [-0.15, -0.1) is 0 Å². The number of benzene rings is 1. The van der Waals surface area contributed by atoms with E-state index in [9.17, 15) is 18.0 Å². The van der Waals surface area contributed by atoms with Crippen LogP contribution in [-0.2, 0) is 4.79 Å². The van der Waals surface area contributed by atoms with Crippen LogP contribution in [0.1, 0.15) is 31.4 Å². The molecule has 1 aliphatic heterocycles. The van der Waals surface area contributed by atoms with Crippen LogP contribution < -0.4 is 10.2 Å². The van der Waals surface area contributed by atoms with Gasteiger partial charge in [0.2, 0.25) is 5.91 Å². The first kappa shape index (κ1) is 14.8. The van der Waals surface area contributed by atoms with Gasteiger partial charge in [0.15, 0.2) is 0 Å². The van der Waals surface area contributed by atoms with Crippen molar-refractivity contribution < 1.29 is 18.0 Å². The first-order chi connectivity index (χ1) is 9.37. The minimum atomic E-state index is -4.21. The van der Waals surface area contributed by atoms with Crippen LogP contribution >= 0.6 is 0 Å². The molecule has 2 rings (SSSR count). The van der Waals surface area contributed by atoms with Crippen molar-refractivity contribution >= 4 is 11.6 Å². The van der Waals surface area contributed by atoms with Gasteiger partial charge in [-0.05, 0) is 31.0 Å². The SMILES string of the molecule is C[C@H](NCC(F)(F)F)c1ccc(N2CCCC2=O)cc1. The van der Waals surface area contributed by atoms with Gasteiger partial charge in [0.1, 0.15) is 0 Å². The average Bonchev–Trinajstić information content (AvgIpc) is 2.81. The molecule has 1 aromatic carbocycles. The molecule has 0 aliphatic carbocycles. The van der Waals surface area contributed by atoms with Gasteiger partial charge in [0.05, 0.1) is 6.54 Å². The van der Waals surface area contributed by atoms with Gasteiger partial charge in [-0.2, -0.15) is 13.2 Å². The number of hydrogen-bond donors (Lipinski definition) is 1. The molecular weight excluding hydrogens is 269 g/mol. The number of hydrogen-bond acceptors (Lipinski definition) is 2. The minimum Gasteiger partial charge on any atom is -0.312 e. The molecule has 1 fully saturated rings. The molecule has 0 spiro atoms.